The third kappa shape index (κ3) is 2.02. The topological polar surface area (TPSA) is 3.01 Å². The first-order valence-electron chi connectivity index (χ1n) is 3.35. The van der Waals surface area contributed by atoms with Gasteiger partial charge in [0.1, 0.15) is 14.1 Å². The molecule has 0 aliphatic carbocycles. The summed E-state index contributed by atoms with van der Waals surface area (Å²) >= 11 is 0. The van der Waals surface area contributed by atoms with E-state index in [-0.39, 0.29) is 0 Å². The Morgan fingerprint density at radius 3 is 2.20 bits per heavy atom. The lowest BCUT2D eigenvalue weighted by molar-refractivity contribution is -0.458. The van der Waals surface area contributed by atoms with Gasteiger partial charge >= 0.3 is 0 Å². The predicted molar refractivity (Wildman–Crippen MR) is 43.7 cm³/mol. The van der Waals surface area contributed by atoms with Crippen molar-refractivity contribution in [1.29, 1.82) is 0 Å². The quantitative estimate of drug-likeness (QED) is 0.403. The van der Waals surface area contributed by atoms with E-state index >= 15 is 0 Å². The molecule has 0 unspecified atom stereocenters. The van der Waals surface area contributed by atoms with Crippen LogP contribution in [-0.2, 0) is 0 Å². The summed E-state index contributed by atoms with van der Waals surface area (Å²) in [6.07, 6.45) is 2.08. The van der Waals surface area contributed by atoms with Crippen molar-refractivity contribution < 1.29 is 4.58 Å². The van der Waals surface area contributed by atoms with Crippen LogP contribution in [0.15, 0.2) is 30.3 Å². The van der Waals surface area contributed by atoms with E-state index in [4.69, 9.17) is 0 Å². The van der Waals surface area contributed by atoms with Gasteiger partial charge in [-0.3, -0.25) is 0 Å². The highest BCUT2D eigenvalue weighted by molar-refractivity contribution is 5.75. The van der Waals surface area contributed by atoms with Crippen LogP contribution in [0.25, 0.3) is 0 Å². The maximum atomic E-state index is 2.08. The van der Waals surface area contributed by atoms with Gasteiger partial charge in [0.2, 0.25) is 0 Å². The van der Waals surface area contributed by atoms with Crippen LogP contribution in [0.3, 0.4) is 0 Å². The molecule has 0 aliphatic rings. The molecule has 1 aromatic carbocycles. The summed E-state index contributed by atoms with van der Waals surface area (Å²) in [6.45, 7) is 0. The monoisotopic (exact) mass is 134 g/mol. The van der Waals surface area contributed by atoms with Gasteiger partial charge in [-0.15, -0.1) is 0 Å². The van der Waals surface area contributed by atoms with Crippen molar-refractivity contribution in [2.75, 3.05) is 14.1 Å². The molecular weight excluding hydrogens is 122 g/mol. The van der Waals surface area contributed by atoms with Gasteiger partial charge in [0.25, 0.3) is 0 Å². The molecule has 52 valence electrons. The van der Waals surface area contributed by atoms with E-state index < -0.39 is 0 Å². The van der Waals surface area contributed by atoms with Crippen LogP contribution in [0.2, 0.25) is 0 Å². The van der Waals surface area contributed by atoms with Gasteiger partial charge in [-0.1, -0.05) is 18.2 Å². The molecule has 0 saturated heterocycles. The van der Waals surface area contributed by atoms with Crippen LogP contribution in [0.5, 0.6) is 0 Å². The fourth-order valence-electron chi connectivity index (χ4n) is 0.837. The zero-order chi connectivity index (χ0) is 7.40. The Morgan fingerprint density at radius 2 is 1.70 bits per heavy atom. The van der Waals surface area contributed by atoms with E-state index in [1.54, 1.807) is 0 Å². The molecule has 0 heterocycles. The molecular formula is C9H12N+. The second-order valence-corrected chi connectivity index (χ2v) is 2.50. The van der Waals surface area contributed by atoms with Gasteiger partial charge in [0.15, 0.2) is 6.21 Å². The second kappa shape index (κ2) is 3.16. The van der Waals surface area contributed by atoms with E-state index in [2.05, 4.69) is 18.3 Å². The first kappa shape index (κ1) is 7.00. The van der Waals surface area contributed by atoms with Crippen LogP contribution >= 0.6 is 0 Å². The minimum Gasteiger partial charge on any atom is -0.241 e. The largest absolute Gasteiger partial charge is 0.241 e. The van der Waals surface area contributed by atoms with E-state index in [9.17, 15) is 0 Å². The third-order valence-electron chi connectivity index (χ3n) is 1.21. The third-order valence-corrected chi connectivity index (χ3v) is 1.21. The summed E-state index contributed by atoms with van der Waals surface area (Å²) in [7, 11) is 4.04. The number of hydrogen-bond donors (Lipinski definition) is 0. The highest BCUT2D eigenvalue weighted by atomic mass is 14.9. The molecule has 1 rings (SSSR count). The normalized spacial score (nSPS) is 9.00. The fourth-order valence-corrected chi connectivity index (χ4v) is 0.837. The average molecular weight is 134 g/mol. The molecule has 0 radical (unpaired) electrons. The Kier molecular flexibility index (Phi) is 2.21. The minimum absolute atomic E-state index is 1.24. The minimum atomic E-state index is 1.24. The number of benzene rings is 1. The Labute approximate surface area is 61.6 Å². The molecule has 1 heteroatoms. The summed E-state index contributed by atoms with van der Waals surface area (Å²) < 4.78 is 2.04. The smallest absolute Gasteiger partial charge is 0.170 e. The molecule has 0 amide bonds. The van der Waals surface area contributed by atoms with Crippen LogP contribution < -0.4 is 0 Å². The van der Waals surface area contributed by atoms with Crippen molar-refractivity contribution >= 4 is 6.21 Å². The maximum absolute atomic E-state index is 2.08. The van der Waals surface area contributed by atoms with Crippen molar-refractivity contribution in [3.8, 4) is 0 Å². The molecule has 0 spiro atoms. The molecule has 0 saturated carbocycles. The standard InChI is InChI=1S/C9H12N/c1-10(2)8-9-6-4-3-5-7-9/h3-8H,1-2H3/q+1. The summed E-state index contributed by atoms with van der Waals surface area (Å²) in [6, 6.07) is 10.3. The van der Waals surface area contributed by atoms with E-state index in [0.29, 0.717) is 0 Å². The Hall–Kier alpha value is -1.11. The number of hydrogen-bond acceptors (Lipinski definition) is 0. The molecule has 1 nitrogen and oxygen atoms in total. The van der Waals surface area contributed by atoms with Gasteiger partial charge in [-0.2, -0.15) is 0 Å². The molecule has 0 aromatic heterocycles. The van der Waals surface area contributed by atoms with Crippen molar-refractivity contribution in [3.05, 3.63) is 35.9 Å². The van der Waals surface area contributed by atoms with E-state index in [1.165, 1.54) is 5.56 Å². The molecule has 0 aliphatic heterocycles. The van der Waals surface area contributed by atoms with Crippen molar-refractivity contribution in [2.24, 2.45) is 0 Å². The lowest BCUT2D eigenvalue weighted by Gasteiger charge is -1.87. The Bertz CT molecular complexity index is 220. The van der Waals surface area contributed by atoms with Gasteiger partial charge in [-0.05, 0) is 12.1 Å². The molecule has 0 fully saturated rings. The van der Waals surface area contributed by atoms with E-state index in [1.807, 2.05) is 36.9 Å². The van der Waals surface area contributed by atoms with Gasteiger partial charge < -0.3 is 0 Å². The van der Waals surface area contributed by atoms with E-state index in [0.717, 1.165) is 0 Å². The Balaban J connectivity index is 2.87. The van der Waals surface area contributed by atoms with Gasteiger partial charge in [-0.25, -0.2) is 4.58 Å². The lowest BCUT2D eigenvalue weighted by atomic mass is 10.2. The number of nitrogens with zero attached hydrogens (tertiary/aromatic N) is 1. The zero-order valence-corrected chi connectivity index (χ0v) is 6.41. The van der Waals surface area contributed by atoms with Crippen LogP contribution in [0, 0.1) is 0 Å². The predicted octanol–water partition coefficient (Wildman–Crippen LogP) is 1.38. The van der Waals surface area contributed by atoms with Gasteiger partial charge in [0.05, 0.1) is 0 Å². The molecule has 1 aromatic rings. The first-order valence-corrected chi connectivity index (χ1v) is 3.35. The fraction of sp³-hybridized carbons (Fsp3) is 0.222. The van der Waals surface area contributed by atoms with Crippen molar-refractivity contribution in [1.82, 2.24) is 0 Å². The molecule has 10 heavy (non-hydrogen) atoms. The second-order valence-electron chi connectivity index (χ2n) is 2.50. The van der Waals surface area contributed by atoms with Gasteiger partial charge in [0, 0.05) is 5.56 Å². The highest BCUT2D eigenvalue weighted by Crippen LogP contribution is 1.92. The first-order chi connectivity index (χ1) is 4.79. The van der Waals surface area contributed by atoms with Crippen LogP contribution in [0.4, 0.5) is 0 Å². The average Bonchev–Trinajstić information content (AvgIpc) is 1.88. The Morgan fingerprint density at radius 1 is 1.10 bits per heavy atom. The number of rotatable bonds is 1. The molecule has 0 bridgehead atoms. The molecule has 0 atom stereocenters. The summed E-state index contributed by atoms with van der Waals surface area (Å²) in [4.78, 5) is 0. The molecule has 0 N–H and O–H groups in total. The van der Waals surface area contributed by atoms with Crippen LogP contribution in [-0.4, -0.2) is 24.9 Å². The lowest BCUT2D eigenvalue weighted by Crippen LogP contribution is -1.98. The van der Waals surface area contributed by atoms with Crippen molar-refractivity contribution in [3.63, 3.8) is 0 Å². The highest BCUT2D eigenvalue weighted by Gasteiger charge is 1.87. The summed E-state index contributed by atoms with van der Waals surface area (Å²) in [5.74, 6) is 0. The maximum Gasteiger partial charge on any atom is 0.170 e. The zero-order valence-electron chi connectivity index (χ0n) is 6.41. The summed E-state index contributed by atoms with van der Waals surface area (Å²) in [5, 5.41) is 0. The SMILES string of the molecule is C[N+](C)=Cc1ccccc1. The van der Waals surface area contributed by atoms with Crippen molar-refractivity contribution in [2.45, 2.75) is 0 Å². The van der Waals surface area contributed by atoms with Crippen LogP contribution in [0.1, 0.15) is 5.56 Å². The summed E-state index contributed by atoms with van der Waals surface area (Å²) in [5.41, 5.74) is 1.24.